The molecule has 0 amide bonds. The van der Waals surface area contributed by atoms with Crippen molar-refractivity contribution >= 4 is 43.9 Å². The lowest BCUT2D eigenvalue weighted by molar-refractivity contribution is 0.0979. The molecule has 0 N–H and O–H groups in total. The molecule has 1 atom stereocenters. The summed E-state index contributed by atoms with van der Waals surface area (Å²) in [6.07, 6.45) is 0. The van der Waals surface area contributed by atoms with Gasteiger partial charge in [-0.25, -0.2) is 8.42 Å². The van der Waals surface area contributed by atoms with Gasteiger partial charge in [-0.2, -0.15) is 0 Å². The number of ketones is 4. The fourth-order valence-electron chi connectivity index (χ4n) is 6.31. The third-order valence-corrected chi connectivity index (χ3v) is 12.7. The Hall–Kier alpha value is -5.70. The lowest BCUT2D eigenvalue weighted by Crippen LogP contribution is -2.21. The van der Waals surface area contributed by atoms with Crippen LogP contribution < -0.4 is 0 Å². The molecule has 0 fully saturated rings. The van der Waals surface area contributed by atoms with Crippen molar-refractivity contribution in [1.82, 2.24) is 0 Å². The molecule has 230 valence electrons. The SMILES string of the molecule is O=C1c2ccccc2C(=O)c2cc([S+](c3ccccc3)c3ccc(S(=O)(=O)c4ccc5c(c4)C(=O)c4ccccc4C5=O)cc3)ccc21. The predicted molar refractivity (Wildman–Crippen MR) is 180 cm³/mol. The van der Waals surface area contributed by atoms with E-state index in [4.69, 9.17) is 0 Å². The van der Waals surface area contributed by atoms with Gasteiger partial charge in [0, 0.05) is 50.6 Å². The molecule has 0 spiro atoms. The van der Waals surface area contributed by atoms with Crippen molar-refractivity contribution in [1.29, 1.82) is 0 Å². The van der Waals surface area contributed by atoms with Crippen molar-refractivity contribution in [3.8, 4) is 0 Å². The minimum absolute atomic E-state index is 0.0284. The molecule has 0 saturated heterocycles. The predicted octanol–water partition coefficient (Wildman–Crippen LogP) is 7.17. The molecule has 6 aromatic carbocycles. The number of rotatable bonds is 5. The van der Waals surface area contributed by atoms with Crippen molar-refractivity contribution in [3.05, 3.63) is 184 Å². The van der Waals surface area contributed by atoms with E-state index in [-0.39, 0.29) is 43.8 Å². The Kier molecular flexibility index (Phi) is 6.94. The van der Waals surface area contributed by atoms with Gasteiger partial charge in [-0.1, -0.05) is 66.7 Å². The van der Waals surface area contributed by atoms with Gasteiger partial charge in [0.15, 0.2) is 37.8 Å². The highest BCUT2D eigenvalue weighted by molar-refractivity contribution is 7.97. The Labute approximate surface area is 279 Å². The maximum Gasteiger partial charge on any atom is 0.206 e. The minimum atomic E-state index is -4.06. The van der Waals surface area contributed by atoms with Crippen LogP contribution in [0.1, 0.15) is 63.7 Å². The monoisotopic (exact) mass is 663 g/mol. The first-order valence-corrected chi connectivity index (χ1v) is 17.7. The zero-order valence-corrected chi connectivity index (χ0v) is 26.7. The summed E-state index contributed by atoms with van der Waals surface area (Å²) >= 11 is 0. The van der Waals surface area contributed by atoms with E-state index < -0.39 is 26.5 Å². The van der Waals surface area contributed by atoms with Crippen LogP contribution in [0, 0.1) is 0 Å². The smallest absolute Gasteiger partial charge is 0.206 e. The molecule has 0 bridgehead atoms. The molecule has 48 heavy (non-hydrogen) atoms. The Bertz CT molecular complexity index is 2480. The van der Waals surface area contributed by atoms with Crippen LogP contribution in [0.3, 0.4) is 0 Å². The Morgan fingerprint density at radius 3 is 1.25 bits per heavy atom. The first kappa shape index (κ1) is 29.7. The molecular weight excluding hydrogens is 641 g/mol. The highest BCUT2D eigenvalue weighted by atomic mass is 32.2. The van der Waals surface area contributed by atoms with Crippen LogP contribution in [0.15, 0.2) is 164 Å². The maximum absolute atomic E-state index is 13.8. The number of hydrogen-bond donors (Lipinski definition) is 0. The summed E-state index contributed by atoms with van der Waals surface area (Å²) in [5, 5.41) is 0. The van der Waals surface area contributed by atoms with Crippen LogP contribution >= 0.6 is 0 Å². The minimum Gasteiger partial charge on any atom is -0.289 e. The van der Waals surface area contributed by atoms with E-state index in [1.54, 1.807) is 72.8 Å². The normalized spacial score (nSPS) is 14.1. The van der Waals surface area contributed by atoms with Gasteiger partial charge in [-0.3, -0.25) is 19.2 Å². The van der Waals surface area contributed by atoms with E-state index >= 15 is 0 Å². The van der Waals surface area contributed by atoms with Gasteiger partial charge in [-0.15, -0.1) is 0 Å². The molecule has 2 aliphatic rings. The van der Waals surface area contributed by atoms with Crippen molar-refractivity contribution in [3.63, 3.8) is 0 Å². The van der Waals surface area contributed by atoms with Gasteiger partial charge < -0.3 is 0 Å². The van der Waals surface area contributed by atoms with Gasteiger partial charge in [0.25, 0.3) is 0 Å². The second-order valence-corrected chi connectivity index (χ2v) is 15.4. The number of hydrogen-bond acceptors (Lipinski definition) is 6. The number of carbonyl (C=O) groups excluding carboxylic acids is 4. The standard InChI is InChI=1S/C40H23O6S2/c41-37-29-10-4-6-12-31(29)39(43)35-22-26(16-20-33(35)37)47(24-8-2-1-3-9-24)25-14-17-27(18-15-25)48(45,46)28-19-21-34-36(23-28)40(44)32-13-7-5-11-30(32)38(34)42/h1-23H/q+1. The van der Waals surface area contributed by atoms with E-state index in [0.29, 0.717) is 27.8 Å². The first-order valence-electron chi connectivity index (χ1n) is 15.0. The molecule has 0 aliphatic heterocycles. The molecular formula is C40H23O6S2+. The van der Waals surface area contributed by atoms with Crippen LogP contribution in [0.2, 0.25) is 0 Å². The van der Waals surface area contributed by atoms with Gasteiger partial charge in [0.2, 0.25) is 9.84 Å². The molecule has 0 saturated carbocycles. The van der Waals surface area contributed by atoms with Gasteiger partial charge in [-0.05, 0) is 66.7 Å². The fourth-order valence-corrected chi connectivity index (χ4v) is 9.69. The zero-order chi connectivity index (χ0) is 33.2. The number of sulfone groups is 1. The zero-order valence-electron chi connectivity index (χ0n) is 25.0. The van der Waals surface area contributed by atoms with Crippen LogP contribution in [0.4, 0.5) is 0 Å². The molecule has 0 radical (unpaired) electrons. The Balaban J connectivity index is 1.17. The van der Waals surface area contributed by atoms with Gasteiger partial charge >= 0.3 is 0 Å². The third-order valence-electron chi connectivity index (χ3n) is 8.69. The quantitative estimate of drug-likeness (QED) is 0.181. The maximum atomic E-state index is 13.8. The molecule has 0 aromatic heterocycles. The van der Waals surface area contributed by atoms with E-state index in [9.17, 15) is 27.6 Å². The number of carbonyl (C=O) groups is 4. The van der Waals surface area contributed by atoms with Crippen LogP contribution in [0.5, 0.6) is 0 Å². The molecule has 6 nitrogen and oxygen atoms in total. The van der Waals surface area contributed by atoms with Crippen LogP contribution in [0.25, 0.3) is 0 Å². The van der Waals surface area contributed by atoms with Crippen molar-refractivity contribution < 1.29 is 27.6 Å². The second kappa shape index (κ2) is 11.2. The average molecular weight is 664 g/mol. The summed E-state index contributed by atoms with van der Waals surface area (Å²) < 4.78 is 27.7. The lowest BCUT2D eigenvalue weighted by Gasteiger charge is -2.18. The molecule has 8 rings (SSSR count). The van der Waals surface area contributed by atoms with E-state index in [1.165, 1.54) is 30.3 Å². The van der Waals surface area contributed by atoms with Crippen LogP contribution in [-0.4, -0.2) is 31.6 Å². The summed E-state index contributed by atoms with van der Waals surface area (Å²) in [6.45, 7) is 0. The van der Waals surface area contributed by atoms with Crippen molar-refractivity contribution in [2.75, 3.05) is 0 Å². The molecule has 6 aromatic rings. The van der Waals surface area contributed by atoms with E-state index in [1.807, 2.05) is 36.4 Å². The van der Waals surface area contributed by atoms with Crippen molar-refractivity contribution in [2.24, 2.45) is 0 Å². The summed E-state index contributed by atoms with van der Waals surface area (Å²) in [6, 6.07) is 38.9. The first-order chi connectivity index (χ1) is 23.2. The van der Waals surface area contributed by atoms with E-state index in [2.05, 4.69) is 0 Å². The van der Waals surface area contributed by atoms with E-state index in [0.717, 1.165) is 14.7 Å². The molecule has 2 aliphatic carbocycles. The second-order valence-electron chi connectivity index (χ2n) is 11.4. The lowest BCUT2D eigenvalue weighted by atomic mass is 9.84. The largest absolute Gasteiger partial charge is 0.289 e. The Morgan fingerprint density at radius 2 is 0.708 bits per heavy atom. The summed E-state index contributed by atoms with van der Waals surface area (Å²) in [4.78, 5) is 55.6. The highest BCUT2D eigenvalue weighted by Gasteiger charge is 2.35. The topological polar surface area (TPSA) is 102 Å². The van der Waals surface area contributed by atoms with Gasteiger partial charge in [0.05, 0.1) is 20.7 Å². The molecule has 8 heteroatoms. The van der Waals surface area contributed by atoms with Crippen molar-refractivity contribution in [2.45, 2.75) is 24.5 Å². The van der Waals surface area contributed by atoms with Crippen LogP contribution in [-0.2, 0) is 20.7 Å². The molecule has 1 unspecified atom stereocenters. The third kappa shape index (κ3) is 4.60. The van der Waals surface area contributed by atoms with Gasteiger partial charge in [0.1, 0.15) is 0 Å². The molecule has 0 heterocycles. The number of fused-ring (bicyclic) bond motifs is 4. The summed E-state index contributed by atoms with van der Waals surface area (Å²) in [5.41, 5.74) is 2.24. The fraction of sp³-hybridized carbons (Fsp3) is 0. The summed E-state index contributed by atoms with van der Waals surface area (Å²) in [7, 11) is -4.81. The summed E-state index contributed by atoms with van der Waals surface area (Å²) in [5.74, 6) is -1.13. The average Bonchev–Trinajstić information content (AvgIpc) is 3.13. The number of benzene rings is 6. The highest BCUT2D eigenvalue weighted by Crippen LogP contribution is 2.37. The Morgan fingerprint density at radius 1 is 0.333 bits per heavy atom.